The summed E-state index contributed by atoms with van der Waals surface area (Å²) in [6, 6.07) is 2.16. The van der Waals surface area contributed by atoms with Crippen molar-refractivity contribution in [2.45, 2.75) is 0 Å². The average molecular weight is 185 g/mol. The molecule has 0 aliphatic heterocycles. The zero-order chi connectivity index (χ0) is 4.41. The van der Waals surface area contributed by atoms with Crippen LogP contribution in [0.1, 0.15) is 0 Å². The average Bonchev–Trinajstić information content (AvgIpc) is 1.86. The molecule has 1 aromatic rings. The second-order valence-electron chi connectivity index (χ2n) is 1.13. The Labute approximate surface area is 63.0 Å². The van der Waals surface area contributed by atoms with Crippen LogP contribution in [-0.4, -0.2) is 0 Å². The standard InChI is InChI=1S/C4H3S.ClH.Zn/c1-2-4-5-3-1;;/h1,3-4H;1H;. The van der Waals surface area contributed by atoms with Crippen LogP contribution in [0.4, 0.5) is 0 Å². The predicted octanol–water partition coefficient (Wildman–Crippen LogP) is 1.34. The van der Waals surface area contributed by atoms with Gasteiger partial charge in [-0.1, -0.05) is 0 Å². The van der Waals surface area contributed by atoms with Crippen LogP contribution >= 0.6 is 23.7 Å². The quantitative estimate of drug-likeness (QED) is 0.535. The van der Waals surface area contributed by atoms with E-state index in [1.54, 1.807) is 11.3 Å². The van der Waals surface area contributed by atoms with Crippen molar-refractivity contribution < 1.29 is 18.3 Å². The van der Waals surface area contributed by atoms with E-state index in [2.05, 4.69) is 16.8 Å². The van der Waals surface area contributed by atoms with Crippen LogP contribution in [0.5, 0.6) is 0 Å². The summed E-state index contributed by atoms with van der Waals surface area (Å²) in [6.07, 6.45) is 0. The van der Waals surface area contributed by atoms with Crippen molar-refractivity contribution in [2.24, 2.45) is 0 Å². The molecule has 0 unspecified atom stereocenters. The van der Waals surface area contributed by atoms with Gasteiger partial charge >= 0.3 is 50.6 Å². The molecule has 3 heteroatoms. The van der Waals surface area contributed by atoms with Crippen molar-refractivity contribution in [3.05, 3.63) is 16.8 Å². The molecule has 0 spiro atoms. The summed E-state index contributed by atoms with van der Waals surface area (Å²) in [5, 5.41) is 4.29. The van der Waals surface area contributed by atoms with E-state index in [-0.39, 0.29) is 12.4 Å². The molecule has 35 valence electrons. The van der Waals surface area contributed by atoms with Crippen molar-refractivity contribution in [1.82, 2.24) is 0 Å². The molecule has 1 heterocycles. The number of hydrogen-bond donors (Lipinski definition) is 0. The summed E-state index contributed by atoms with van der Waals surface area (Å²) in [5.74, 6) is 0. The molecule has 0 fully saturated rings. The molecule has 1 aromatic heterocycles. The molecule has 0 aliphatic carbocycles. The van der Waals surface area contributed by atoms with E-state index >= 15 is 0 Å². The van der Waals surface area contributed by atoms with Gasteiger partial charge in [0.1, 0.15) is 0 Å². The van der Waals surface area contributed by atoms with E-state index in [1.807, 2.05) is 0 Å². The number of rotatable bonds is 0. The van der Waals surface area contributed by atoms with Crippen LogP contribution in [0.3, 0.4) is 0 Å². The zero-order valence-electron chi connectivity index (χ0n) is 3.76. The molecule has 0 aliphatic rings. The van der Waals surface area contributed by atoms with E-state index in [4.69, 9.17) is 0 Å². The third-order valence-electron chi connectivity index (χ3n) is 0.580. The van der Waals surface area contributed by atoms with Crippen molar-refractivity contribution in [1.29, 1.82) is 0 Å². The van der Waals surface area contributed by atoms with Crippen LogP contribution in [-0.2, 0) is 18.3 Å². The number of thiophene rings is 1. The van der Waals surface area contributed by atoms with Crippen LogP contribution in [0, 0.1) is 0 Å². The molecule has 0 saturated carbocycles. The van der Waals surface area contributed by atoms with Gasteiger partial charge in [-0.2, -0.15) is 0 Å². The van der Waals surface area contributed by atoms with Crippen LogP contribution in [0.25, 0.3) is 0 Å². The van der Waals surface area contributed by atoms with Gasteiger partial charge in [0.25, 0.3) is 0 Å². The Kier molecular flexibility index (Phi) is 3.91. The molecular formula is C4H4ClSZn. The Morgan fingerprint density at radius 3 is 2.43 bits per heavy atom. The molecule has 0 radical (unpaired) electrons. The predicted molar refractivity (Wildman–Crippen MR) is 31.2 cm³/mol. The second kappa shape index (κ2) is 3.60. The van der Waals surface area contributed by atoms with Gasteiger partial charge in [0, 0.05) is 0 Å². The molecule has 0 bridgehead atoms. The van der Waals surface area contributed by atoms with Crippen LogP contribution in [0.2, 0.25) is 0 Å². The van der Waals surface area contributed by atoms with Gasteiger partial charge in [-0.25, -0.2) is 0 Å². The first-order chi connectivity index (χ1) is 2.89. The van der Waals surface area contributed by atoms with Crippen molar-refractivity contribution in [2.75, 3.05) is 0 Å². The first-order valence-electron chi connectivity index (χ1n) is 1.74. The Morgan fingerprint density at radius 1 is 1.57 bits per heavy atom. The van der Waals surface area contributed by atoms with Crippen LogP contribution < -0.4 is 4.16 Å². The maximum absolute atomic E-state index is 2.18. The molecule has 0 nitrogen and oxygen atoms in total. The zero-order valence-corrected chi connectivity index (χ0v) is 8.36. The summed E-state index contributed by atoms with van der Waals surface area (Å²) in [7, 11) is 0. The molecule has 0 atom stereocenters. The third kappa shape index (κ3) is 2.43. The first kappa shape index (κ1) is 7.61. The summed E-state index contributed by atoms with van der Waals surface area (Å²) in [6.45, 7) is 0. The monoisotopic (exact) mass is 183 g/mol. The SMILES string of the molecule is Cl.[Zn][c]1ccsc1. The first-order valence-corrected chi connectivity index (χ1v) is 4.16. The minimum atomic E-state index is 0. The van der Waals surface area contributed by atoms with Crippen LogP contribution in [0.15, 0.2) is 16.8 Å². The number of hydrogen-bond acceptors (Lipinski definition) is 1. The minimum absolute atomic E-state index is 0. The topological polar surface area (TPSA) is 0 Å². The summed E-state index contributed by atoms with van der Waals surface area (Å²) in [4.78, 5) is 0. The fourth-order valence-electron chi connectivity index (χ4n) is 0.293. The number of halogens is 1. The third-order valence-corrected chi connectivity index (χ3v) is 2.86. The van der Waals surface area contributed by atoms with E-state index in [0.717, 1.165) is 0 Å². The Morgan fingerprint density at radius 2 is 2.29 bits per heavy atom. The molecule has 7 heavy (non-hydrogen) atoms. The molecule has 0 amide bonds. The Balaban J connectivity index is 0.000000360. The van der Waals surface area contributed by atoms with E-state index in [9.17, 15) is 0 Å². The van der Waals surface area contributed by atoms with E-state index in [1.165, 1.54) is 22.5 Å². The molecular weight excluding hydrogens is 181 g/mol. The Hall–Kier alpha value is 0.613. The van der Waals surface area contributed by atoms with E-state index < -0.39 is 0 Å². The van der Waals surface area contributed by atoms with Gasteiger partial charge in [-0.15, -0.1) is 12.4 Å². The van der Waals surface area contributed by atoms with E-state index in [0.29, 0.717) is 0 Å². The van der Waals surface area contributed by atoms with Crippen molar-refractivity contribution >= 4 is 27.9 Å². The molecule has 0 N–H and O–H groups in total. The van der Waals surface area contributed by atoms with Gasteiger partial charge in [0.05, 0.1) is 0 Å². The van der Waals surface area contributed by atoms with Gasteiger partial charge in [0.15, 0.2) is 0 Å². The fraction of sp³-hybridized carbons (Fsp3) is 0. The van der Waals surface area contributed by atoms with Gasteiger partial charge in [-0.3, -0.25) is 0 Å². The summed E-state index contributed by atoms with van der Waals surface area (Å²) >= 11 is 3.07. The fourth-order valence-corrected chi connectivity index (χ4v) is 2.09. The molecule has 1 rings (SSSR count). The van der Waals surface area contributed by atoms with Gasteiger partial charge in [0.2, 0.25) is 0 Å². The summed E-state index contributed by atoms with van der Waals surface area (Å²) < 4.78 is 1.49. The van der Waals surface area contributed by atoms with Crippen molar-refractivity contribution in [3.8, 4) is 0 Å². The van der Waals surface area contributed by atoms with Crippen molar-refractivity contribution in [3.63, 3.8) is 0 Å². The second-order valence-corrected chi connectivity index (χ2v) is 3.62. The molecule has 0 aromatic carbocycles. The summed E-state index contributed by atoms with van der Waals surface area (Å²) in [5.41, 5.74) is 0. The molecule has 0 saturated heterocycles. The van der Waals surface area contributed by atoms with Gasteiger partial charge < -0.3 is 0 Å². The normalized spacial score (nSPS) is 7.71. The van der Waals surface area contributed by atoms with Gasteiger partial charge in [-0.05, 0) is 0 Å². The maximum atomic E-state index is 2.18. The Bertz CT molecular complexity index is 115.